The number of aromatic carboxylic acids is 1. The number of hydrogen-bond donors (Lipinski definition) is 1. The number of ether oxygens (including phenoxy) is 2. The van der Waals surface area contributed by atoms with Crippen LogP contribution >= 0.6 is 0 Å². The van der Waals surface area contributed by atoms with Crippen LogP contribution in [0.5, 0.6) is 11.5 Å². The summed E-state index contributed by atoms with van der Waals surface area (Å²) in [5.41, 5.74) is 0.420. The molecular weight excluding hydrogens is 238 g/mol. The van der Waals surface area contributed by atoms with Crippen LogP contribution in [0.4, 0.5) is 0 Å². The first kappa shape index (κ1) is 12.0. The largest absolute Gasteiger partial charge is 0.497 e. The van der Waals surface area contributed by atoms with Gasteiger partial charge in [-0.15, -0.1) is 0 Å². The van der Waals surface area contributed by atoms with Crippen LogP contribution in [0, 0.1) is 0 Å². The van der Waals surface area contributed by atoms with Crippen LogP contribution < -0.4 is 9.47 Å². The SMILES string of the molecule is COc1ccc(OCc2cc(C(=O)O)on2)cc1. The van der Waals surface area contributed by atoms with Gasteiger partial charge in [0.2, 0.25) is 5.76 Å². The highest BCUT2D eigenvalue weighted by Gasteiger charge is 2.11. The Hall–Kier alpha value is -2.50. The van der Waals surface area contributed by atoms with Crippen LogP contribution in [0.15, 0.2) is 34.9 Å². The Kier molecular flexibility index (Phi) is 3.47. The lowest BCUT2D eigenvalue weighted by atomic mass is 10.3. The molecule has 0 fully saturated rings. The summed E-state index contributed by atoms with van der Waals surface area (Å²) in [6.07, 6.45) is 0. The van der Waals surface area contributed by atoms with Gasteiger partial charge in [0.05, 0.1) is 7.11 Å². The molecule has 1 aromatic heterocycles. The fourth-order valence-corrected chi connectivity index (χ4v) is 1.31. The molecular formula is C12H11NO5. The normalized spacial score (nSPS) is 10.1. The minimum atomic E-state index is -1.15. The van der Waals surface area contributed by atoms with Gasteiger partial charge < -0.3 is 19.1 Å². The maximum atomic E-state index is 10.6. The van der Waals surface area contributed by atoms with E-state index in [4.69, 9.17) is 14.6 Å². The summed E-state index contributed by atoms with van der Waals surface area (Å²) in [6, 6.07) is 8.35. The van der Waals surface area contributed by atoms with Crippen molar-refractivity contribution in [1.29, 1.82) is 0 Å². The van der Waals surface area contributed by atoms with E-state index in [0.29, 0.717) is 11.4 Å². The number of nitrogens with zero attached hydrogens (tertiary/aromatic N) is 1. The second-order valence-electron chi connectivity index (χ2n) is 3.45. The van der Waals surface area contributed by atoms with Gasteiger partial charge in [-0.25, -0.2) is 4.79 Å². The summed E-state index contributed by atoms with van der Waals surface area (Å²) in [5, 5.41) is 12.2. The van der Waals surface area contributed by atoms with Crippen molar-refractivity contribution in [3.05, 3.63) is 41.8 Å². The topological polar surface area (TPSA) is 81.8 Å². The quantitative estimate of drug-likeness (QED) is 0.872. The van der Waals surface area contributed by atoms with Crippen LogP contribution in [0.3, 0.4) is 0 Å². The first-order valence-electron chi connectivity index (χ1n) is 5.15. The van der Waals surface area contributed by atoms with E-state index in [2.05, 4.69) is 9.68 Å². The summed E-state index contributed by atoms with van der Waals surface area (Å²) in [6.45, 7) is 0.142. The summed E-state index contributed by atoms with van der Waals surface area (Å²) >= 11 is 0. The molecule has 18 heavy (non-hydrogen) atoms. The van der Waals surface area contributed by atoms with E-state index < -0.39 is 5.97 Å². The average Bonchev–Trinajstić information content (AvgIpc) is 2.86. The van der Waals surface area contributed by atoms with Crippen LogP contribution in [0.25, 0.3) is 0 Å². The van der Waals surface area contributed by atoms with Crippen molar-refractivity contribution in [2.45, 2.75) is 6.61 Å². The summed E-state index contributed by atoms with van der Waals surface area (Å²) in [7, 11) is 1.58. The van der Waals surface area contributed by atoms with Crippen molar-refractivity contribution >= 4 is 5.97 Å². The number of methoxy groups -OCH3 is 1. The zero-order chi connectivity index (χ0) is 13.0. The van der Waals surface area contributed by atoms with Crippen LogP contribution in [-0.4, -0.2) is 23.3 Å². The average molecular weight is 249 g/mol. The molecule has 1 aromatic carbocycles. The number of carboxylic acids is 1. The molecule has 0 aliphatic rings. The Morgan fingerprint density at radius 3 is 2.56 bits per heavy atom. The molecule has 2 rings (SSSR count). The second-order valence-corrected chi connectivity index (χ2v) is 3.45. The minimum absolute atomic E-state index is 0.142. The second kappa shape index (κ2) is 5.22. The third-order valence-corrected chi connectivity index (χ3v) is 2.22. The van der Waals surface area contributed by atoms with Gasteiger partial charge in [-0.05, 0) is 24.3 Å². The van der Waals surface area contributed by atoms with Crippen LogP contribution in [-0.2, 0) is 6.61 Å². The zero-order valence-electron chi connectivity index (χ0n) is 9.62. The first-order chi connectivity index (χ1) is 8.69. The standard InChI is InChI=1S/C12H11NO5/c1-16-9-2-4-10(5-3-9)17-7-8-6-11(12(14)15)18-13-8/h2-6H,7H2,1H3,(H,14,15). The first-order valence-corrected chi connectivity index (χ1v) is 5.15. The Labute approximate surface area is 103 Å². The van der Waals surface area contributed by atoms with E-state index in [-0.39, 0.29) is 12.4 Å². The maximum Gasteiger partial charge on any atom is 0.374 e. The summed E-state index contributed by atoms with van der Waals surface area (Å²) in [4.78, 5) is 10.6. The number of rotatable bonds is 5. The molecule has 0 atom stereocenters. The van der Waals surface area contributed by atoms with Gasteiger partial charge in [0.25, 0.3) is 0 Å². The lowest BCUT2D eigenvalue weighted by Gasteiger charge is -2.04. The molecule has 1 heterocycles. The highest BCUT2D eigenvalue weighted by molar-refractivity contribution is 5.84. The van der Waals surface area contributed by atoms with Gasteiger partial charge >= 0.3 is 5.97 Å². The van der Waals surface area contributed by atoms with E-state index in [1.54, 1.807) is 31.4 Å². The molecule has 0 saturated heterocycles. The van der Waals surface area contributed by atoms with E-state index in [0.717, 1.165) is 5.75 Å². The van der Waals surface area contributed by atoms with Gasteiger partial charge in [-0.1, -0.05) is 5.16 Å². The number of benzene rings is 1. The van der Waals surface area contributed by atoms with Crippen molar-refractivity contribution in [1.82, 2.24) is 5.16 Å². The molecule has 6 nitrogen and oxygen atoms in total. The van der Waals surface area contributed by atoms with Crippen molar-refractivity contribution < 1.29 is 23.9 Å². The Morgan fingerprint density at radius 2 is 2.00 bits per heavy atom. The van der Waals surface area contributed by atoms with Crippen molar-refractivity contribution in [3.8, 4) is 11.5 Å². The predicted octanol–water partition coefficient (Wildman–Crippen LogP) is 1.96. The number of aromatic nitrogens is 1. The van der Waals surface area contributed by atoms with Gasteiger partial charge in [-0.3, -0.25) is 0 Å². The Morgan fingerprint density at radius 1 is 1.33 bits per heavy atom. The monoisotopic (exact) mass is 249 g/mol. The number of carboxylic acid groups (broad SMARTS) is 1. The fraction of sp³-hybridized carbons (Fsp3) is 0.167. The van der Waals surface area contributed by atoms with Crippen LogP contribution in [0.1, 0.15) is 16.2 Å². The minimum Gasteiger partial charge on any atom is -0.497 e. The van der Waals surface area contributed by atoms with Crippen molar-refractivity contribution in [2.75, 3.05) is 7.11 Å². The molecule has 0 aliphatic heterocycles. The third kappa shape index (κ3) is 2.79. The van der Waals surface area contributed by atoms with Crippen molar-refractivity contribution in [3.63, 3.8) is 0 Å². The molecule has 0 unspecified atom stereocenters. The molecule has 1 N–H and O–H groups in total. The molecule has 0 bridgehead atoms. The lowest BCUT2D eigenvalue weighted by molar-refractivity contribution is 0.0651. The molecule has 0 amide bonds. The van der Waals surface area contributed by atoms with E-state index in [1.807, 2.05) is 0 Å². The Bertz CT molecular complexity index is 532. The highest BCUT2D eigenvalue weighted by atomic mass is 16.5. The van der Waals surface area contributed by atoms with Gasteiger partial charge in [0.15, 0.2) is 0 Å². The highest BCUT2D eigenvalue weighted by Crippen LogP contribution is 2.18. The molecule has 0 saturated carbocycles. The molecule has 0 spiro atoms. The molecule has 6 heteroatoms. The lowest BCUT2D eigenvalue weighted by Crippen LogP contribution is -1.96. The summed E-state index contributed by atoms with van der Waals surface area (Å²) < 4.78 is 15.0. The van der Waals surface area contributed by atoms with Gasteiger partial charge in [-0.2, -0.15) is 0 Å². The van der Waals surface area contributed by atoms with Crippen LogP contribution in [0.2, 0.25) is 0 Å². The fourth-order valence-electron chi connectivity index (χ4n) is 1.31. The number of hydrogen-bond acceptors (Lipinski definition) is 5. The molecule has 0 aliphatic carbocycles. The summed E-state index contributed by atoms with van der Waals surface area (Å²) in [5.74, 6) is 0.00847. The van der Waals surface area contributed by atoms with E-state index >= 15 is 0 Å². The molecule has 94 valence electrons. The van der Waals surface area contributed by atoms with Crippen molar-refractivity contribution in [2.24, 2.45) is 0 Å². The maximum absolute atomic E-state index is 10.6. The third-order valence-electron chi connectivity index (χ3n) is 2.22. The van der Waals surface area contributed by atoms with Gasteiger partial charge in [0, 0.05) is 6.07 Å². The Balaban J connectivity index is 1.95. The van der Waals surface area contributed by atoms with Gasteiger partial charge in [0.1, 0.15) is 23.8 Å². The van der Waals surface area contributed by atoms with E-state index in [9.17, 15) is 4.79 Å². The predicted molar refractivity (Wildman–Crippen MR) is 60.8 cm³/mol. The molecule has 0 radical (unpaired) electrons. The zero-order valence-corrected chi connectivity index (χ0v) is 9.62. The van der Waals surface area contributed by atoms with E-state index in [1.165, 1.54) is 6.07 Å². The molecule has 2 aromatic rings. The number of carbonyl (C=O) groups is 1. The smallest absolute Gasteiger partial charge is 0.374 e.